The molecular weight excluding hydrogens is 529 g/mol. The lowest BCUT2D eigenvalue weighted by Gasteiger charge is -2.26. The fraction of sp³-hybridized carbons (Fsp3) is 0.143. The van der Waals surface area contributed by atoms with Gasteiger partial charge in [-0.1, -0.05) is 47.5 Å². The van der Waals surface area contributed by atoms with Crippen LogP contribution in [-0.4, -0.2) is 30.4 Å². The standard InChI is InChI=1S/C28H23Cl2N3O5/c1-15-4-5-17(3)23(10-15)31-25(34)14-38-24-9-7-18(12-22(24)30)11-20-26(35)32-28(37)33(27(20)36)19-8-6-16(2)21(29)13-19/h4-13H,14H2,1-3H3,(H,31,34)(H,32,35,37)/b20-11+. The minimum Gasteiger partial charge on any atom is -0.482 e. The van der Waals surface area contributed by atoms with Crippen LogP contribution in [0.2, 0.25) is 10.0 Å². The summed E-state index contributed by atoms with van der Waals surface area (Å²) in [6, 6.07) is 14.1. The Morgan fingerprint density at radius 3 is 2.39 bits per heavy atom. The summed E-state index contributed by atoms with van der Waals surface area (Å²) < 4.78 is 5.56. The topological polar surface area (TPSA) is 105 Å². The average Bonchev–Trinajstić information content (AvgIpc) is 2.85. The minimum absolute atomic E-state index is 0.167. The smallest absolute Gasteiger partial charge is 0.335 e. The van der Waals surface area contributed by atoms with Crippen molar-refractivity contribution in [2.75, 3.05) is 16.8 Å². The number of nitrogens with zero attached hydrogens (tertiary/aromatic N) is 1. The van der Waals surface area contributed by atoms with Gasteiger partial charge in [0.1, 0.15) is 11.3 Å². The van der Waals surface area contributed by atoms with Crippen molar-refractivity contribution in [2.24, 2.45) is 0 Å². The van der Waals surface area contributed by atoms with Gasteiger partial charge in [-0.15, -0.1) is 0 Å². The number of carbonyl (C=O) groups excluding carboxylic acids is 4. The number of barbiturate groups is 1. The van der Waals surface area contributed by atoms with Gasteiger partial charge in [-0.25, -0.2) is 9.69 Å². The molecule has 5 amide bonds. The Morgan fingerprint density at radius 2 is 1.68 bits per heavy atom. The maximum absolute atomic E-state index is 13.1. The van der Waals surface area contributed by atoms with E-state index in [2.05, 4.69) is 10.6 Å². The van der Waals surface area contributed by atoms with Crippen molar-refractivity contribution in [3.05, 3.63) is 92.5 Å². The summed E-state index contributed by atoms with van der Waals surface area (Å²) in [4.78, 5) is 51.2. The summed E-state index contributed by atoms with van der Waals surface area (Å²) in [5.41, 5.74) is 3.78. The van der Waals surface area contributed by atoms with Crippen LogP contribution < -0.4 is 20.3 Å². The molecule has 4 rings (SSSR count). The number of anilines is 2. The Hall–Kier alpha value is -4.14. The van der Waals surface area contributed by atoms with Gasteiger partial charge in [-0.05, 0) is 79.4 Å². The maximum atomic E-state index is 13.1. The van der Waals surface area contributed by atoms with E-state index in [1.807, 2.05) is 32.0 Å². The first-order chi connectivity index (χ1) is 18.0. The van der Waals surface area contributed by atoms with Gasteiger partial charge in [-0.3, -0.25) is 19.7 Å². The molecule has 0 radical (unpaired) electrons. The monoisotopic (exact) mass is 551 g/mol. The highest BCUT2D eigenvalue weighted by Gasteiger charge is 2.37. The first-order valence-corrected chi connectivity index (χ1v) is 12.3. The molecule has 1 fully saturated rings. The Bertz CT molecular complexity index is 1520. The van der Waals surface area contributed by atoms with Gasteiger partial charge in [0, 0.05) is 10.7 Å². The van der Waals surface area contributed by atoms with E-state index in [9.17, 15) is 19.2 Å². The van der Waals surface area contributed by atoms with Crippen LogP contribution in [-0.2, 0) is 14.4 Å². The molecule has 0 aromatic heterocycles. The summed E-state index contributed by atoms with van der Waals surface area (Å²) in [6.45, 7) is 5.33. The van der Waals surface area contributed by atoms with Crippen LogP contribution >= 0.6 is 23.2 Å². The Kier molecular flexibility index (Phi) is 7.85. The number of carbonyl (C=O) groups is 4. The van der Waals surface area contributed by atoms with Crippen molar-refractivity contribution in [3.63, 3.8) is 0 Å². The number of hydrogen-bond acceptors (Lipinski definition) is 5. The normalized spacial score (nSPS) is 14.5. The van der Waals surface area contributed by atoms with E-state index in [1.54, 1.807) is 25.1 Å². The number of benzene rings is 3. The second-order valence-corrected chi connectivity index (χ2v) is 9.55. The molecule has 0 saturated carbocycles. The van der Waals surface area contributed by atoms with E-state index in [0.29, 0.717) is 16.3 Å². The third kappa shape index (κ3) is 5.88. The van der Waals surface area contributed by atoms with Crippen LogP contribution in [0.3, 0.4) is 0 Å². The largest absolute Gasteiger partial charge is 0.482 e. The number of nitrogens with one attached hydrogen (secondary N) is 2. The van der Waals surface area contributed by atoms with Crippen LogP contribution in [0, 0.1) is 20.8 Å². The van der Waals surface area contributed by atoms with E-state index in [1.165, 1.54) is 24.3 Å². The number of urea groups is 1. The van der Waals surface area contributed by atoms with Gasteiger partial charge < -0.3 is 10.1 Å². The number of hydrogen-bond donors (Lipinski definition) is 2. The highest BCUT2D eigenvalue weighted by Crippen LogP contribution is 2.29. The van der Waals surface area contributed by atoms with Gasteiger partial charge in [0.2, 0.25) is 0 Å². The minimum atomic E-state index is -0.877. The van der Waals surface area contributed by atoms with Crippen LogP contribution in [0.4, 0.5) is 16.2 Å². The van der Waals surface area contributed by atoms with Crippen LogP contribution in [0.5, 0.6) is 5.75 Å². The number of halogens is 2. The quantitative estimate of drug-likeness (QED) is 0.306. The zero-order valence-corrected chi connectivity index (χ0v) is 22.2. The summed E-state index contributed by atoms with van der Waals surface area (Å²) >= 11 is 12.5. The van der Waals surface area contributed by atoms with Crippen molar-refractivity contribution in [3.8, 4) is 5.75 Å². The lowest BCUT2D eigenvalue weighted by atomic mass is 10.1. The molecular formula is C28H23Cl2N3O5. The van der Waals surface area contributed by atoms with E-state index in [-0.39, 0.29) is 34.5 Å². The molecule has 0 bridgehead atoms. The fourth-order valence-electron chi connectivity index (χ4n) is 3.70. The van der Waals surface area contributed by atoms with E-state index in [0.717, 1.165) is 21.6 Å². The molecule has 194 valence electrons. The molecule has 0 unspecified atom stereocenters. The predicted octanol–water partition coefficient (Wildman–Crippen LogP) is 5.60. The van der Waals surface area contributed by atoms with Gasteiger partial charge in [-0.2, -0.15) is 0 Å². The highest BCUT2D eigenvalue weighted by atomic mass is 35.5. The Balaban J connectivity index is 1.49. The second-order valence-electron chi connectivity index (χ2n) is 8.74. The number of amides is 5. The molecule has 0 atom stereocenters. The lowest BCUT2D eigenvalue weighted by Crippen LogP contribution is -2.54. The van der Waals surface area contributed by atoms with Crippen LogP contribution in [0.15, 0.2) is 60.2 Å². The van der Waals surface area contributed by atoms with E-state index in [4.69, 9.17) is 27.9 Å². The SMILES string of the molecule is Cc1ccc(C)c(NC(=O)COc2ccc(/C=C3\C(=O)NC(=O)N(c4ccc(C)c(Cl)c4)C3=O)cc2Cl)c1. The van der Waals surface area contributed by atoms with Crippen molar-refractivity contribution in [1.82, 2.24) is 5.32 Å². The Labute approximate surface area is 229 Å². The zero-order chi connectivity index (χ0) is 27.6. The fourth-order valence-corrected chi connectivity index (χ4v) is 4.12. The van der Waals surface area contributed by atoms with Gasteiger partial charge in [0.15, 0.2) is 6.61 Å². The summed E-state index contributed by atoms with van der Waals surface area (Å²) in [7, 11) is 0. The number of ether oxygens (including phenoxy) is 1. The highest BCUT2D eigenvalue weighted by molar-refractivity contribution is 6.39. The molecule has 0 aliphatic carbocycles. The second kappa shape index (κ2) is 11.1. The van der Waals surface area contributed by atoms with Crippen molar-refractivity contribution in [1.29, 1.82) is 0 Å². The number of rotatable bonds is 6. The molecule has 3 aromatic carbocycles. The first-order valence-electron chi connectivity index (χ1n) is 11.5. The third-order valence-electron chi connectivity index (χ3n) is 5.81. The zero-order valence-electron chi connectivity index (χ0n) is 20.7. The molecule has 10 heteroatoms. The molecule has 3 aromatic rings. The summed E-state index contributed by atoms with van der Waals surface area (Å²) in [5, 5.41) is 5.51. The molecule has 8 nitrogen and oxygen atoms in total. The maximum Gasteiger partial charge on any atom is 0.335 e. The third-order valence-corrected chi connectivity index (χ3v) is 6.51. The molecule has 0 spiro atoms. The number of imide groups is 2. The van der Waals surface area contributed by atoms with E-state index < -0.39 is 17.8 Å². The first kappa shape index (κ1) is 26.9. The van der Waals surface area contributed by atoms with Crippen molar-refractivity contribution >= 4 is 64.4 Å². The predicted molar refractivity (Wildman–Crippen MR) is 147 cm³/mol. The summed E-state index contributed by atoms with van der Waals surface area (Å²) in [6.07, 6.45) is 1.32. The van der Waals surface area contributed by atoms with E-state index >= 15 is 0 Å². The van der Waals surface area contributed by atoms with Crippen LogP contribution in [0.25, 0.3) is 6.08 Å². The van der Waals surface area contributed by atoms with Gasteiger partial charge in [0.05, 0.1) is 10.7 Å². The van der Waals surface area contributed by atoms with Crippen molar-refractivity contribution in [2.45, 2.75) is 20.8 Å². The molecule has 38 heavy (non-hydrogen) atoms. The lowest BCUT2D eigenvalue weighted by molar-refractivity contribution is -0.122. The number of aryl methyl sites for hydroxylation is 3. The molecule has 1 aliphatic rings. The molecule has 2 N–H and O–H groups in total. The van der Waals surface area contributed by atoms with Gasteiger partial charge >= 0.3 is 6.03 Å². The molecule has 1 saturated heterocycles. The molecule has 1 heterocycles. The van der Waals surface area contributed by atoms with Gasteiger partial charge in [0.25, 0.3) is 17.7 Å². The molecule has 1 aliphatic heterocycles. The summed E-state index contributed by atoms with van der Waals surface area (Å²) in [5.74, 6) is -1.76. The van der Waals surface area contributed by atoms with Crippen LogP contribution in [0.1, 0.15) is 22.3 Å². The Morgan fingerprint density at radius 1 is 0.947 bits per heavy atom. The van der Waals surface area contributed by atoms with Crippen molar-refractivity contribution < 1.29 is 23.9 Å². The average molecular weight is 552 g/mol.